The summed E-state index contributed by atoms with van der Waals surface area (Å²) in [5.41, 5.74) is 0. The number of halogens is 2. The number of hydrogen-bond donors (Lipinski definition) is 0. The molecule has 1 rings (SSSR count). The zero-order valence-corrected chi connectivity index (χ0v) is 11.4. The lowest BCUT2D eigenvalue weighted by atomic mass is 10.3. The lowest BCUT2D eigenvalue weighted by Gasteiger charge is -2.08. The summed E-state index contributed by atoms with van der Waals surface area (Å²) in [5, 5.41) is 0. The van der Waals surface area contributed by atoms with E-state index in [1.807, 2.05) is 6.92 Å². The second-order valence-electron chi connectivity index (χ2n) is 3.50. The number of rotatable bonds is 4. The summed E-state index contributed by atoms with van der Waals surface area (Å²) < 4.78 is 24.5. The van der Waals surface area contributed by atoms with Crippen LogP contribution in [0.3, 0.4) is 0 Å². The van der Waals surface area contributed by atoms with Crippen LogP contribution in [0, 0.1) is 5.92 Å². The molecule has 0 fully saturated rings. The zero-order valence-electron chi connectivity index (χ0n) is 8.28. The van der Waals surface area contributed by atoms with Crippen molar-refractivity contribution in [3.63, 3.8) is 0 Å². The minimum absolute atomic E-state index is 0.0318. The molecule has 2 nitrogen and oxygen atoms in total. The molecule has 0 aromatic heterocycles. The van der Waals surface area contributed by atoms with E-state index in [4.69, 9.17) is 11.6 Å². The molecule has 0 aliphatic heterocycles. The van der Waals surface area contributed by atoms with Crippen molar-refractivity contribution in [1.82, 2.24) is 0 Å². The average molecular weight is 312 g/mol. The highest BCUT2D eigenvalue weighted by atomic mass is 79.9. The van der Waals surface area contributed by atoms with E-state index in [0.29, 0.717) is 10.8 Å². The molecule has 0 saturated heterocycles. The summed E-state index contributed by atoms with van der Waals surface area (Å²) >= 11 is 8.85. The molecule has 1 aromatic rings. The van der Waals surface area contributed by atoms with Gasteiger partial charge in [-0.15, -0.1) is 11.6 Å². The van der Waals surface area contributed by atoms with Crippen molar-refractivity contribution < 1.29 is 8.42 Å². The van der Waals surface area contributed by atoms with Crippen LogP contribution in [0.4, 0.5) is 0 Å². The first-order valence-corrected chi connectivity index (χ1v) is 7.48. The smallest absolute Gasteiger partial charge is 0.178 e. The van der Waals surface area contributed by atoms with E-state index in [1.54, 1.807) is 24.3 Å². The molecule has 1 unspecified atom stereocenters. The van der Waals surface area contributed by atoms with Gasteiger partial charge in [0, 0.05) is 10.4 Å². The van der Waals surface area contributed by atoms with E-state index in [9.17, 15) is 8.42 Å². The Balaban J connectivity index is 2.96. The summed E-state index contributed by atoms with van der Waals surface area (Å²) in [5.74, 6) is 0.413. The Bertz CT molecular complexity index is 431. The number of benzene rings is 1. The maximum atomic E-state index is 11.9. The Hall–Kier alpha value is -0.0600. The lowest BCUT2D eigenvalue weighted by molar-refractivity contribution is 0.583. The van der Waals surface area contributed by atoms with Crippen molar-refractivity contribution in [3.8, 4) is 0 Å². The van der Waals surface area contributed by atoms with Gasteiger partial charge in [0.05, 0.1) is 10.6 Å². The van der Waals surface area contributed by atoms with Gasteiger partial charge in [0.25, 0.3) is 0 Å². The molecule has 0 aliphatic rings. The van der Waals surface area contributed by atoms with Crippen LogP contribution in [0.25, 0.3) is 0 Å². The standard InChI is InChI=1S/C10H12BrClO2S/c1-8(6-12)7-15(13,14)10-4-2-3-9(11)5-10/h2-5,8H,6-7H2,1H3. The maximum Gasteiger partial charge on any atom is 0.178 e. The topological polar surface area (TPSA) is 34.1 Å². The SMILES string of the molecule is CC(CCl)CS(=O)(=O)c1cccc(Br)c1. The molecule has 0 N–H and O–H groups in total. The monoisotopic (exact) mass is 310 g/mol. The average Bonchev–Trinajstić information content (AvgIpc) is 2.17. The van der Waals surface area contributed by atoms with Gasteiger partial charge in [-0.2, -0.15) is 0 Å². The van der Waals surface area contributed by atoms with Gasteiger partial charge in [0.1, 0.15) is 0 Å². The Morgan fingerprint density at radius 2 is 2.13 bits per heavy atom. The van der Waals surface area contributed by atoms with Crippen LogP contribution >= 0.6 is 27.5 Å². The fourth-order valence-electron chi connectivity index (χ4n) is 1.18. The summed E-state index contributed by atoms with van der Waals surface area (Å²) in [4.78, 5) is 0.342. The molecular formula is C10H12BrClO2S. The summed E-state index contributed by atoms with van der Waals surface area (Å²) in [6.45, 7) is 1.82. The van der Waals surface area contributed by atoms with Crippen LogP contribution < -0.4 is 0 Å². The van der Waals surface area contributed by atoms with Crippen molar-refractivity contribution in [1.29, 1.82) is 0 Å². The van der Waals surface area contributed by atoms with Crippen molar-refractivity contribution in [2.45, 2.75) is 11.8 Å². The third-order valence-corrected chi connectivity index (χ3v) is 4.92. The largest absolute Gasteiger partial charge is 0.224 e. The minimum atomic E-state index is -3.21. The highest BCUT2D eigenvalue weighted by molar-refractivity contribution is 9.10. The summed E-state index contributed by atoms with van der Waals surface area (Å²) in [6, 6.07) is 6.71. The molecule has 1 atom stereocenters. The maximum absolute atomic E-state index is 11.9. The predicted octanol–water partition coefficient (Wildman–Crippen LogP) is 3.10. The molecule has 0 radical (unpaired) electrons. The molecule has 0 aliphatic carbocycles. The van der Waals surface area contributed by atoms with Gasteiger partial charge in [0.2, 0.25) is 0 Å². The van der Waals surface area contributed by atoms with Gasteiger partial charge >= 0.3 is 0 Å². The third kappa shape index (κ3) is 3.78. The van der Waals surface area contributed by atoms with Gasteiger partial charge in [-0.3, -0.25) is 0 Å². The van der Waals surface area contributed by atoms with Gasteiger partial charge < -0.3 is 0 Å². The predicted molar refractivity (Wildman–Crippen MR) is 66.1 cm³/mol. The van der Waals surface area contributed by atoms with Crippen molar-refractivity contribution >= 4 is 37.4 Å². The van der Waals surface area contributed by atoms with Crippen molar-refractivity contribution in [2.24, 2.45) is 5.92 Å². The lowest BCUT2D eigenvalue weighted by Crippen LogP contribution is -2.15. The summed E-state index contributed by atoms with van der Waals surface area (Å²) in [7, 11) is -3.21. The highest BCUT2D eigenvalue weighted by Crippen LogP contribution is 2.19. The van der Waals surface area contributed by atoms with E-state index < -0.39 is 9.84 Å². The molecular weight excluding hydrogens is 300 g/mol. The molecule has 84 valence electrons. The molecule has 15 heavy (non-hydrogen) atoms. The third-order valence-electron chi connectivity index (χ3n) is 1.92. The Morgan fingerprint density at radius 3 is 2.67 bits per heavy atom. The van der Waals surface area contributed by atoms with Gasteiger partial charge in [-0.25, -0.2) is 8.42 Å². The minimum Gasteiger partial charge on any atom is -0.224 e. The Kier molecular flexibility index (Phi) is 4.62. The normalized spacial score (nSPS) is 13.8. The van der Waals surface area contributed by atoms with E-state index in [-0.39, 0.29) is 11.7 Å². The van der Waals surface area contributed by atoms with E-state index in [2.05, 4.69) is 15.9 Å². The fraction of sp³-hybridized carbons (Fsp3) is 0.400. The van der Waals surface area contributed by atoms with Gasteiger partial charge in [-0.05, 0) is 24.1 Å². The first kappa shape index (κ1) is 13.0. The molecule has 0 saturated carbocycles. The van der Waals surface area contributed by atoms with Crippen molar-refractivity contribution in [2.75, 3.05) is 11.6 Å². The Morgan fingerprint density at radius 1 is 1.47 bits per heavy atom. The van der Waals surface area contributed by atoms with Crippen LogP contribution in [0.1, 0.15) is 6.92 Å². The van der Waals surface area contributed by atoms with E-state index in [1.165, 1.54) is 0 Å². The molecule has 1 aromatic carbocycles. The molecule has 0 bridgehead atoms. The van der Waals surface area contributed by atoms with Crippen molar-refractivity contribution in [3.05, 3.63) is 28.7 Å². The van der Waals surface area contributed by atoms with Gasteiger partial charge in [0.15, 0.2) is 9.84 Å². The highest BCUT2D eigenvalue weighted by Gasteiger charge is 2.17. The molecule has 0 amide bonds. The second-order valence-corrected chi connectivity index (χ2v) is 6.76. The van der Waals surface area contributed by atoms with Crippen LogP contribution in [0.2, 0.25) is 0 Å². The van der Waals surface area contributed by atoms with E-state index in [0.717, 1.165) is 4.47 Å². The Labute approximate surface area is 104 Å². The number of hydrogen-bond acceptors (Lipinski definition) is 2. The van der Waals surface area contributed by atoms with Crippen LogP contribution in [0.15, 0.2) is 33.6 Å². The van der Waals surface area contributed by atoms with Gasteiger partial charge in [-0.1, -0.05) is 28.9 Å². The van der Waals surface area contributed by atoms with Crippen LogP contribution in [-0.4, -0.2) is 20.1 Å². The van der Waals surface area contributed by atoms with Crippen LogP contribution in [0.5, 0.6) is 0 Å². The number of alkyl halides is 1. The first-order chi connectivity index (χ1) is 6.95. The number of sulfone groups is 1. The molecule has 0 heterocycles. The molecule has 5 heteroatoms. The van der Waals surface area contributed by atoms with Crippen LogP contribution in [-0.2, 0) is 9.84 Å². The molecule has 0 spiro atoms. The quantitative estimate of drug-likeness (QED) is 0.801. The first-order valence-electron chi connectivity index (χ1n) is 4.50. The fourth-order valence-corrected chi connectivity index (χ4v) is 3.62. The second kappa shape index (κ2) is 5.32. The summed E-state index contributed by atoms with van der Waals surface area (Å²) in [6.07, 6.45) is 0. The zero-order chi connectivity index (χ0) is 11.5. The van der Waals surface area contributed by atoms with E-state index >= 15 is 0 Å².